The van der Waals surface area contributed by atoms with Crippen LogP contribution in [-0.2, 0) is 16.8 Å². The number of rotatable bonds is 8. The van der Waals surface area contributed by atoms with Gasteiger partial charge in [0.05, 0.1) is 14.2 Å². The second kappa shape index (κ2) is 10.6. The van der Waals surface area contributed by atoms with E-state index in [1.165, 1.54) is 5.56 Å². The zero-order valence-electron chi connectivity index (χ0n) is 19.8. The van der Waals surface area contributed by atoms with Crippen LogP contribution in [0.15, 0.2) is 48.5 Å². The minimum Gasteiger partial charge on any atom is -0.493 e. The van der Waals surface area contributed by atoms with Gasteiger partial charge in [0.1, 0.15) is 0 Å². The zero-order valence-corrected chi connectivity index (χ0v) is 19.8. The van der Waals surface area contributed by atoms with Gasteiger partial charge in [0.2, 0.25) is 0 Å². The van der Waals surface area contributed by atoms with Crippen molar-refractivity contribution in [2.45, 2.75) is 37.7 Å². The van der Waals surface area contributed by atoms with Gasteiger partial charge in [0, 0.05) is 38.6 Å². The third kappa shape index (κ3) is 5.02. The first-order valence-corrected chi connectivity index (χ1v) is 12.1. The number of hydrogen-bond donors (Lipinski definition) is 1. The predicted molar refractivity (Wildman–Crippen MR) is 129 cm³/mol. The average Bonchev–Trinajstić information content (AvgIpc) is 3.43. The highest BCUT2D eigenvalue weighted by Crippen LogP contribution is 2.42. The number of methoxy groups -OCH3 is 2. The Morgan fingerprint density at radius 1 is 0.970 bits per heavy atom. The summed E-state index contributed by atoms with van der Waals surface area (Å²) in [7, 11) is 3.30. The summed E-state index contributed by atoms with van der Waals surface area (Å²) < 4.78 is 10.7. The van der Waals surface area contributed by atoms with Crippen molar-refractivity contribution in [3.05, 3.63) is 59.7 Å². The summed E-state index contributed by atoms with van der Waals surface area (Å²) in [6, 6.07) is 15.6. The normalized spacial score (nSPS) is 19.3. The SMILES string of the molecule is COc1ccc(CCN2CCN(C(=O)C(O)(c3ccccc3)C3CCCC3)CC2)cc1OC. The molecule has 33 heavy (non-hydrogen) atoms. The minimum absolute atomic E-state index is 0.00418. The lowest BCUT2D eigenvalue weighted by atomic mass is 9.79. The van der Waals surface area contributed by atoms with Crippen molar-refractivity contribution in [1.29, 1.82) is 0 Å². The van der Waals surface area contributed by atoms with Crippen LogP contribution in [0.25, 0.3) is 0 Å². The van der Waals surface area contributed by atoms with E-state index in [-0.39, 0.29) is 11.8 Å². The molecule has 1 N–H and O–H groups in total. The second-order valence-electron chi connectivity index (χ2n) is 9.19. The molecule has 1 saturated carbocycles. The van der Waals surface area contributed by atoms with E-state index in [9.17, 15) is 9.90 Å². The van der Waals surface area contributed by atoms with Crippen LogP contribution in [0.4, 0.5) is 0 Å². The standard InChI is InChI=1S/C27H36N2O4/c1-32-24-13-12-21(20-25(24)33-2)14-15-28-16-18-29(19-17-28)26(30)27(31,23-10-6-7-11-23)22-8-4-3-5-9-22/h3-5,8-9,12-13,20,23,31H,6-7,10-11,14-19H2,1-2H3. The fourth-order valence-corrected chi connectivity index (χ4v) is 5.31. The maximum Gasteiger partial charge on any atom is 0.259 e. The molecule has 2 aromatic rings. The molecule has 6 nitrogen and oxygen atoms in total. The lowest BCUT2D eigenvalue weighted by Gasteiger charge is -2.41. The van der Waals surface area contributed by atoms with E-state index >= 15 is 0 Å². The van der Waals surface area contributed by atoms with Gasteiger partial charge in [-0.15, -0.1) is 0 Å². The van der Waals surface area contributed by atoms with Gasteiger partial charge in [-0.3, -0.25) is 9.69 Å². The number of carbonyl (C=O) groups excluding carboxylic acids is 1. The summed E-state index contributed by atoms with van der Waals surface area (Å²) in [5.41, 5.74) is 0.517. The van der Waals surface area contributed by atoms with Crippen LogP contribution in [0.3, 0.4) is 0 Å². The summed E-state index contributed by atoms with van der Waals surface area (Å²) in [4.78, 5) is 17.9. The molecule has 0 spiro atoms. The molecule has 6 heteroatoms. The maximum absolute atomic E-state index is 13.7. The lowest BCUT2D eigenvalue weighted by molar-refractivity contribution is -0.161. The smallest absolute Gasteiger partial charge is 0.259 e. The molecular weight excluding hydrogens is 416 g/mol. The topological polar surface area (TPSA) is 62.2 Å². The Kier molecular flexibility index (Phi) is 7.56. The van der Waals surface area contributed by atoms with E-state index in [0.717, 1.165) is 68.8 Å². The molecule has 1 aliphatic carbocycles. The number of ether oxygens (including phenoxy) is 2. The van der Waals surface area contributed by atoms with E-state index in [1.54, 1.807) is 14.2 Å². The summed E-state index contributed by atoms with van der Waals surface area (Å²) in [6.45, 7) is 3.84. The molecule has 1 saturated heterocycles. The summed E-state index contributed by atoms with van der Waals surface area (Å²) in [5.74, 6) is 1.36. The highest BCUT2D eigenvalue weighted by atomic mass is 16.5. The Bertz CT molecular complexity index is 921. The molecule has 1 aliphatic heterocycles. The molecule has 2 aliphatic rings. The molecule has 1 heterocycles. The highest BCUT2D eigenvalue weighted by Gasteiger charge is 2.48. The van der Waals surface area contributed by atoms with Gasteiger partial charge in [-0.1, -0.05) is 49.2 Å². The van der Waals surface area contributed by atoms with Crippen molar-refractivity contribution in [2.24, 2.45) is 5.92 Å². The zero-order chi connectivity index (χ0) is 23.3. The largest absolute Gasteiger partial charge is 0.493 e. The van der Waals surface area contributed by atoms with E-state index < -0.39 is 5.60 Å². The quantitative estimate of drug-likeness (QED) is 0.665. The maximum atomic E-state index is 13.7. The van der Waals surface area contributed by atoms with Gasteiger partial charge >= 0.3 is 0 Å². The third-order valence-electron chi connectivity index (χ3n) is 7.31. The fourth-order valence-electron chi connectivity index (χ4n) is 5.31. The first kappa shape index (κ1) is 23.6. The Labute approximate surface area is 197 Å². The number of benzene rings is 2. The van der Waals surface area contributed by atoms with E-state index in [2.05, 4.69) is 11.0 Å². The number of aliphatic hydroxyl groups is 1. The lowest BCUT2D eigenvalue weighted by Crippen LogP contribution is -2.56. The van der Waals surface area contributed by atoms with E-state index in [1.807, 2.05) is 47.4 Å². The van der Waals surface area contributed by atoms with Crippen LogP contribution in [0, 0.1) is 5.92 Å². The molecule has 4 rings (SSSR count). The Hall–Kier alpha value is -2.57. The molecule has 0 radical (unpaired) electrons. The number of hydrogen-bond acceptors (Lipinski definition) is 5. The first-order valence-electron chi connectivity index (χ1n) is 12.1. The molecule has 2 aromatic carbocycles. The van der Waals surface area contributed by atoms with Crippen LogP contribution < -0.4 is 9.47 Å². The van der Waals surface area contributed by atoms with Crippen LogP contribution >= 0.6 is 0 Å². The molecule has 0 bridgehead atoms. The van der Waals surface area contributed by atoms with Gasteiger partial charge in [0.15, 0.2) is 17.1 Å². The molecule has 1 atom stereocenters. The van der Waals surface area contributed by atoms with Crippen molar-refractivity contribution < 1.29 is 19.4 Å². The molecule has 2 fully saturated rings. The monoisotopic (exact) mass is 452 g/mol. The van der Waals surface area contributed by atoms with E-state index in [0.29, 0.717) is 13.1 Å². The molecular formula is C27H36N2O4. The molecule has 0 aromatic heterocycles. The third-order valence-corrected chi connectivity index (χ3v) is 7.31. The summed E-state index contributed by atoms with van der Waals surface area (Å²) >= 11 is 0. The highest BCUT2D eigenvalue weighted by molar-refractivity contribution is 5.87. The molecule has 1 amide bonds. The van der Waals surface area contributed by atoms with Crippen molar-refractivity contribution in [3.63, 3.8) is 0 Å². The van der Waals surface area contributed by atoms with E-state index in [4.69, 9.17) is 9.47 Å². The molecule has 1 unspecified atom stereocenters. The molecule has 178 valence electrons. The van der Waals surface area contributed by atoms with Crippen LogP contribution in [0.5, 0.6) is 11.5 Å². The van der Waals surface area contributed by atoms with Gasteiger partial charge in [0.25, 0.3) is 5.91 Å². The number of nitrogens with zero attached hydrogens (tertiary/aromatic N) is 2. The Morgan fingerprint density at radius 3 is 2.27 bits per heavy atom. The summed E-state index contributed by atoms with van der Waals surface area (Å²) in [5, 5.41) is 11.8. The summed E-state index contributed by atoms with van der Waals surface area (Å²) in [6.07, 6.45) is 4.88. The van der Waals surface area contributed by atoms with Crippen LogP contribution in [0.2, 0.25) is 0 Å². The van der Waals surface area contributed by atoms with Crippen molar-refractivity contribution in [2.75, 3.05) is 46.9 Å². The number of piperazine rings is 1. The first-order chi connectivity index (χ1) is 16.1. The van der Waals surface area contributed by atoms with Gasteiger partial charge in [-0.25, -0.2) is 0 Å². The fraction of sp³-hybridized carbons (Fsp3) is 0.519. The number of carbonyl (C=O) groups is 1. The minimum atomic E-state index is -1.42. The van der Waals surface area contributed by atoms with Crippen molar-refractivity contribution >= 4 is 5.91 Å². The van der Waals surface area contributed by atoms with Gasteiger partial charge in [-0.05, 0) is 42.5 Å². The van der Waals surface area contributed by atoms with Gasteiger partial charge < -0.3 is 19.5 Å². The number of amides is 1. The van der Waals surface area contributed by atoms with Crippen molar-refractivity contribution in [1.82, 2.24) is 9.80 Å². The van der Waals surface area contributed by atoms with Gasteiger partial charge in [-0.2, -0.15) is 0 Å². The van der Waals surface area contributed by atoms with Crippen molar-refractivity contribution in [3.8, 4) is 11.5 Å². The predicted octanol–water partition coefficient (Wildman–Crippen LogP) is 3.47. The Balaban J connectivity index is 1.37. The Morgan fingerprint density at radius 2 is 1.64 bits per heavy atom. The van der Waals surface area contributed by atoms with Crippen LogP contribution in [0.1, 0.15) is 36.8 Å². The van der Waals surface area contributed by atoms with Crippen LogP contribution in [-0.4, -0.2) is 67.8 Å². The second-order valence-corrected chi connectivity index (χ2v) is 9.19. The average molecular weight is 453 g/mol.